The van der Waals surface area contributed by atoms with Crippen LogP contribution in [-0.4, -0.2) is 59.5 Å². The Morgan fingerprint density at radius 2 is 1.91 bits per heavy atom. The molecule has 2 rings (SSSR count). The van der Waals surface area contributed by atoms with Gasteiger partial charge in [0.2, 0.25) is 6.23 Å². The zero-order chi connectivity index (χ0) is 24.3. The van der Waals surface area contributed by atoms with Crippen LogP contribution in [-0.2, 0) is 31.6 Å². The van der Waals surface area contributed by atoms with Crippen LogP contribution in [0.5, 0.6) is 0 Å². The molecule has 0 aliphatic carbocycles. The average Bonchev–Trinajstić information content (AvgIpc) is 3.18. The van der Waals surface area contributed by atoms with E-state index in [1.165, 1.54) is 6.20 Å². The molecule has 5 atom stereocenters. The first-order valence-corrected chi connectivity index (χ1v) is 12.8. The molecule has 0 radical (unpaired) electrons. The van der Waals surface area contributed by atoms with Gasteiger partial charge in [0.25, 0.3) is 0 Å². The number of phosphoric ester groups is 1. The number of aliphatic hydroxyl groups is 1. The number of aromatic nitrogens is 1. The fourth-order valence-corrected chi connectivity index (χ4v) is 5.60. The van der Waals surface area contributed by atoms with Crippen molar-refractivity contribution in [1.82, 2.24) is 4.57 Å². The minimum absolute atomic E-state index is 0.0142. The maximum atomic E-state index is 11.8. The Hall–Kier alpha value is -1.47. The molecule has 0 aromatic carbocycles. The van der Waals surface area contributed by atoms with Crippen LogP contribution in [0.15, 0.2) is 12.3 Å². The Balaban J connectivity index is 2.07. The molecule has 2 heterocycles. The Bertz CT molecular complexity index is 1060. The molecule has 180 valence electrons. The molecule has 20 heteroatoms. The van der Waals surface area contributed by atoms with Gasteiger partial charge in [-0.05, 0) is 4.92 Å². The number of nitrogens with zero attached hydrogens (tertiary/aromatic N) is 2. The number of nitro groups is 1. The van der Waals surface area contributed by atoms with Gasteiger partial charge >= 0.3 is 29.3 Å². The van der Waals surface area contributed by atoms with E-state index in [0.717, 1.165) is 10.6 Å². The summed E-state index contributed by atoms with van der Waals surface area (Å²) < 4.78 is 51.7. The molecule has 0 amide bonds. The third-order valence-corrected chi connectivity index (χ3v) is 7.48. The lowest BCUT2D eigenvalue weighted by Gasteiger charge is -2.18. The molecule has 0 saturated carbocycles. The smallest absolute Gasteiger partial charge is 0.390 e. The number of phosphoric acid groups is 3. The highest BCUT2D eigenvalue weighted by Crippen LogP contribution is 2.66. The summed E-state index contributed by atoms with van der Waals surface area (Å²) in [7, 11) is -16.7. The van der Waals surface area contributed by atoms with Gasteiger partial charge in [-0.25, -0.2) is 18.3 Å². The van der Waals surface area contributed by atoms with E-state index < -0.39 is 59.3 Å². The third kappa shape index (κ3) is 7.84. The van der Waals surface area contributed by atoms with Crippen molar-refractivity contribution in [2.45, 2.75) is 24.9 Å². The summed E-state index contributed by atoms with van der Waals surface area (Å²) in [4.78, 5) is 46.1. The van der Waals surface area contributed by atoms with E-state index >= 15 is 0 Å². The number of ether oxygens (including phenoxy) is 1. The summed E-state index contributed by atoms with van der Waals surface area (Å²) in [5.41, 5.74) is 5.50. The highest BCUT2D eigenvalue weighted by Gasteiger charge is 2.44. The summed E-state index contributed by atoms with van der Waals surface area (Å²) in [5.74, 6) is 4.70. The van der Waals surface area contributed by atoms with E-state index in [0.29, 0.717) is 0 Å². The lowest BCUT2D eigenvalue weighted by atomic mass is 10.2. The molecule has 0 bridgehead atoms. The Morgan fingerprint density at radius 1 is 1.25 bits per heavy atom. The van der Waals surface area contributed by atoms with Crippen LogP contribution in [0.4, 0.5) is 5.82 Å². The van der Waals surface area contributed by atoms with Gasteiger partial charge < -0.3 is 45.3 Å². The van der Waals surface area contributed by atoms with E-state index in [9.17, 15) is 33.8 Å². The van der Waals surface area contributed by atoms with Gasteiger partial charge in [0.1, 0.15) is 12.3 Å². The van der Waals surface area contributed by atoms with E-state index in [1.807, 2.05) is 0 Å². The molecule has 1 fully saturated rings. The summed E-state index contributed by atoms with van der Waals surface area (Å²) >= 11 is 0. The summed E-state index contributed by atoms with van der Waals surface area (Å²) in [5, 5.41) is 21.4. The fraction of sp³-hybridized carbons (Fsp3) is 0.500. The molecule has 32 heavy (non-hydrogen) atoms. The molecule has 1 aromatic heterocycles. The highest BCUT2D eigenvalue weighted by molar-refractivity contribution is 7.66. The number of aliphatic hydroxyl groups excluding tert-OH is 1. The van der Waals surface area contributed by atoms with Crippen LogP contribution in [0.3, 0.4) is 0 Å². The minimum Gasteiger partial charge on any atom is -0.390 e. The Morgan fingerprint density at radius 3 is 2.47 bits per heavy atom. The van der Waals surface area contributed by atoms with Crippen molar-refractivity contribution in [3.8, 4) is 11.8 Å². The van der Waals surface area contributed by atoms with Crippen molar-refractivity contribution in [3.63, 3.8) is 0 Å². The van der Waals surface area contributed by atoms with E-state index in [1.54, 1.807) is 0 Å². The lowest BCUT2D eigenvalue weighted by Crippen LogP contribution is -2.26. The molecular formula is C12H18N3O14P3. The molecule has 2 unspecified atom stereocenters. The second-order valence-electron chi connectivity index (χ2n) is 6.08. The van der Waals surface area contributed by atoms with Gasteiger partial charge in [0.05, 0.1) is 30.9 Å². The van der Waals surface area contributed by atoms with Gasteiger partial charge in [-0.15, -0.1) is 0 Å². The first-order valence-electron chi connectivity index (χ1n) is 8.29. The molecule has 17 nitrogen and oxygen atoms in total. The van der Waals surface area contributed by atoms with Crippen molar-refractivity contribution in [3.05, 3.63) is 27.9 Å². The van der Waals surface area contributed by atoms with Gasteiger partial charge in [0, 0.05) is 6.42 Å². The first-order chi connectivity index (χ1) is 14.6. The van der Waals surface area contributed by atoms with Crippen LogP contribution in [0.1, 0.15) is 18.2 Å². The van der Waals surface area contributed by atoms with Crippen molar-refractivity contribution in [2.75, 3.05) is 13.2 Å². The molecule has 1 aliphatic heterocycles. The molecule has 0 spiro atoms. The second kappa shape index (κ2) is 10.2. The molecule has 1 aromatic rings. The Kier molecular flexibility index (Phi) is 8.54. The predicted octanol–water partition coefficient (Wildman–Crippen LogP) is -0.302. The van der Waals surface area contributed by atoms with Gasteiger partial charge in [-0.3, -0.25) is 4.52 Å². The third-order valence-electron chi connectivity index (χ3n) is 3.68. The molecule has 1 aliphatic rings. The van der Waals surface area contributed by atoms with E-state index in [-0.39, 0.29) is 18.5 Å². The van der Waals surface area contributed by atoms with Gasteiger partial charge in [0.15, 0.2) is 0 Å². The fourth-order valence-electron chi connectivity index (χ4n) is 2.57. The molecular weight excluding hydrogens is 503 g/mol. The largest absolute Gasteiger partial charge is 0.490 e. The second-order valence-corrected chi connectivity index (χ2v) is 10.5. The highest BCUT2D eigenvalue weighted by atomic mass is 31.3. The summed E-state index contributed by atoms with van der Waals surface area (Å²) in [6.07, 6.45) is -2.72. The van der Waals surface area contributed by atoms with E-state index in [4.69, 9.17) is 25.2 Å². The maximum absolute atomic E-state index is 11.8. The Labute approximate surface area is 179 Å². The zero-order valence-electron chi connectivity index (χ0n) is 15.7. The lowest BCUT2D eigenvalue weighted by molar-refractivity contribution is -0.393. The van der Waals surface area contributed by atoms with Crippen molar-refractivity contribution in [2.24, 2.45) is 5.73 Å². The summed E-state index contributed by atoms with van der Waals surface area (Å²) in [6, 6.07) is 1.15. The number of rotatable bonds is 9. The van der Waals surface area contributed by atoms with Crippen molar-refractivity contribution >= 4 is 29.3 Å². The maximum Gasteiger partial charge on any atom is 0.490 e. The van der Waals surface area contributed by atoms with Crippen LogP contribution in [0, 0.1) is 22.0 Å². The average molecular weight is 521 g/mol. The quantitative estimate of drug-likeness (QED) is 0.105. The van der Waals surface area contributed by atoms with Gasteiger partial charge in [-0.2, -0.15) is 8.62 Å². The first kappa shape index (κ1) is 26.8. The van der Waals surface area contributed by atoms with Crippen molar-refractivity contribution < 1.29 is 61.2 Å². The van der Waals surface area contributed by atoms with Gasteiger partial charge in [-0.1, -0.05) is 11.8 Å². The standard InChI is InChI=1S/C12H18N3O14P3/c13-3-1-2-8-4-11(15(17)18)14(6-8)12-5-9(16)10(27-12)7-26-31(22,23)29-32(24,25)28-30(19,20)21/h4,6,9-10,12,16H,3,5,7,13H2,(H,22,23)(H,24,25)(H2,19,20,21)/t9-,10+,12+/m0/s1. The predicted molar refractivity (Wildman–Crippen MR) is 101 cm³/mol. The van der Waals surface area contributed by atoms with Crippen LogP contribution >= 0.6 is 23.5 Å². The van der Waals surface area contributed by atoms with Crippen LogP contribution < -0.4 is 5.73 Å². The summed E-state index contributed by atoms with van der Waals surface area (Å²) in [6.45, 7) is -0.892. The van der Waals surface area contributed by atoms with Crippen molar-refractivity contribution in [1.29, 1.82) is 0 Å². The van der Waals surface area contributed by atoms with Crippen LogP contribution in [0.2, 0.25) is 0 Å². The normalized spacial score (nSPS) is 24.9. The number of hydrogen-bond donors (Lipinski definition) is 6. The SMILES string of the molecule is NCC#Cc1cc([N+](=O)[O-])n([C@H]2C[C@H](O)[C@@H](COP(=O)(O)OP(=O)(O)OP(=O)(O)O)O2)c1. The number of hydrogen-bond acceptors (Lipinski definition) is 11. The van der Waals surface area contributed by atoms with E-state index in [2.05, 4.69) is 25.0 Å². The zero-order valence-corrected chi connectivity index (χ0v) is 18.4. The monoisotopic (exact) mass is 521 g/mol. The molecule has 7 N–H and O–H groups in total. The van der Waals surface area contributed by atoms with Crippen LogP contribution in [0.25, 0.3) is 0 Å². The minimum atomic E-state index is -5.70. The molecule has 1 saturated heterocycles. The topological polar surface area (TPSA) is 263 Å². The number of nitrogens with two attached hydrogens (primary N) is 1.